The number of fused-ring (bicyclic) bond motifs is 2. The van der Waals surface area contributed by atoms with E-state index in [4.69, 9.17) is 20.8 Å². The van der Waals surface area contributed by atoms with Gasteiger partial charge in [-0.15, -0.1) is 0 Å². The summed E-state index contributed by atoms with van der Waals surface area (Å²) in [6.45, 7) is 2.75. The standard InChI is InChI=1S/C18H19ClN2O4/c1-2-3-4-5-6-9-24-13-8-7-11-10-12-16(22)20-18(23)21-17(12)25-15(11)14(13)19/h7-8,10H,2-6,9H2,1H3,(H,20,22,23). The van der Waals surface area contributed by atoms with Crippen LogP contribution >= 0.6 is 11.6 Å². The predicted octanol–water partition coefficient (Wildman–Crippen LogP) is 3.98. The smallest absolute Gasteiger partial charge is 0.351 e. The molecule has 0 atom stereocenters. The number of aromatic amines is 1. The number of hydrogen-bond acceptors (Lipinski definition) is 5. The van der Waals surface area contributed by atoms with Gasteiger partial charge in [0, 0.05) is 5.39 Å². The lowest BCUT2D eigenvalue weighted by atomic mass is 10.1. The summed E-state index contributed by atoms with van der Waals surface area (Å²) in [6.07, 6.45) is 5.71. The Morgan fingerprint density at radius 2 is 2.00 bits per heavy atom. The van der Waals surface area contributed by atoms with Crippen molar-refractivity contribution in [2.24, 2.45) is 0 Å². The van der Waals surface area contributed by atoms with Crippen molar-refractivity contribution in [3.63, 3.8) is 0 Å². The number of aromatic nitrogens is 2. The summed E-state index contributed by atoms with van der Waals surface area (Å²) < 4.78 is 11.3. The molecule has 0 radical (unpaired) electrons. The zero-order valence-corrected chi connectivity index (χ0v) is 14.7. The molecule has 0 fully saturated rings. The van der Waals surface area contributed by atoms with Crippen LogP contribution in [-0.4, -0.2) is 16.6 Å². The van der Waals surface area contributed by atoms with Gasteiger partial charge < -0.3 is 9.15 Å². The highest BCUT2D eigenvalue weighted by molar-refractivity contribution is 6.36. The van der Waals surface area contributed by atoms with Crippen LogP contribution in [0.4, 0.5) is 0 Å². The Morgan fingerprint density at radius 1 is 1.20 bits per heavy atom. The second-order valence-corrected chi connectivity index (χ2v) is 6.27. The maximum absolute atomic E-state index is 11.8. The molecule has 0 saturated carbocycles. The summed E-state index contributed by atoms with van der Waals surface area (Å²) >= 11 is 6.37. The molecule has 0 unspecified atom stereocenters. The highest BCUT2D eigenvalue weighted by atomic mass is 35.5. The monoisotopic (exact) mass is 362 g/mol. The maximum atomic E-state index is 11.8. The van der Waals surface area contributed by atoms with Gasteiger partial charge in [0.15, 0.2) is 5.58 Å². The Hall–Kier alpha value is -2.34. The SMILES string of the molecule is CCCCCCCOc1ccc2cc3c(=O)[nH]c(=O)nc-3oc2c1Cl. The van der Waals surface area contributed by atoms with Crippen molar-refractivity contribution in [1.82, 2.24) is 9.97 Å². The molecule has 0 amide bonds. The molecule has 3 rings (SSSR count). The van der Waals surface area contributed by atoms with E-state index in [0.29, 0.717) is 28.3 Å². The Balaban J connectivity index is 1.86. The zero-order valence-electron chi connectivity index (χ0n) is 13.9. The van der Waals surface area contributed by atoms with Gasteiger partial charge in [-0.1, -0.05) is 44.2 Å². The van der Waals surface area contributed by atoms with Crippen molar-refractivity contribution >= 4 is 22.6 Å². The topological polar surface area (TPSA) is 85.2 Å². The lowest BCUT2D eigenvalue weighted by Gasteiger charge is -2.11. The molecule has 25 heavy (non-hydrogen) atoms. The van der Waals surface area contributed by atoms with Gasteiger partial charge in [0.2, 0.25) is 5.89 Å². The van der Waals surface area contributed by atoms with Crippen molar-refractivity contribution in [3.05, 3.63) is 44.1 Å². The second kappa shape index (κ2) is 7.70. The van der Waals surface area contributed by atoms with Crippen molar-refractivity contribution in [2.75, 3.05) is 6.61 Å². The summed E-state index contributed by atoms with van der Waals surface area (Å²) in [5.41, 5.74) is -0.747. The van der Waals surface area contributed by atoms with Gasteiger partial charge in [-0.05, 0) is 24.6 Å². The molecule has 132 valence electrons. The van der Waals surface area contributed by atoms with Gasteiger partial charge in [-0.2, -0.15) is 4.98 Å². The number of unbranched alkanes of at least 4 members (excludes halogenated alkanes) is 4. The molecule has 0 spiro atoms. The van der Waals surface area contributed by atoms with E-state index in [9.17, 15) is 9.59 Å². The third-order valence-corrected chi connectivity index (χ3v) is 4.35. The molecule has 0 bridgehead atoms. The van der Waals surface area contributed by atoms with Crippen LogP contribution < -0.4 is 16.0 Å². The first-order valence-electron chi connectivity index (χ1n) is 8.39. The third-order valence-electron chi connectivity index (χ3n) is 3.99. The van der Waals surface area contributed by atoms with Crippen LogP contribution in [0.3, 0.4) is 0 Å². The molecule has 0 aromatic heterocycles. The largest absolute Gasteiger partial charge is 0.492 e. The van der Waals surface area contributed by atoms with Gasteiger partial charge in [0.05, 0.1) is 6.61 Å². The minimum atomic E-state index is -0.754. The number of H-pyrrole nitrogens is 1. The van der Waals surface area contributed by atoms with Crippen molar-refractivity contribution in [1.29, 1.82) is 0 Å². The first-order chi connectivity index (χ1) is 12.1. The first-order valence-corrected chi connectivity index (χ1v) is 8.77. The van der Waals surface area contributed by atoms with Crippen LogP contribution in [-0.2, 0) is 0 Å². The highest BCUT2D eigenvalue weighted by Crippen LogP contribution is 2.35. The number of halogens is 1. The van der Waals surface area contributed by atoms with Gasteiger partial charge >= 0.3 is 5.69 Å². The summed E-state index contributed by atoms with van der Waals surface area (Å²) in [6, 6.07) is 5.11. The van der Waals surface area contributed by atoms with Gasteiger partial charge in [0.25, 0.3) is 5.56 Å². The fourth-order valence-corrected chi connectivity index (χ4v) is 2.93. The van der Waals surface area contributed by atoms with E-state index in [1.807, 2.05) is 0 Å². The molecule has 2 aliphatic rings. The Morgan fingerprint density at radius 3 is 2.80 bits per heavy atom. The van der Waals surface area contributed by atoms with E-state index in [2.05, 4.69) is 16.9 Å². The molecular weight excluding hydrogens is 344 g/mol. The molecule has 2 heterocycles. The van der Waals surface area contributed by atoms with Crippen LogP contribution in [0.15, 0.2) is 32.2 Å². The molecule has 7 heteroatoms. The third kappa shape index (κ3) is 3.85. The number of ether oxygens (including phenoxy) is 1. The quantitative estimate of drug-likeness (QED) is 0.507. The molecule has 6 nitrogen and oxygen atoms in total. The van der Waals surface area contributed by atoms with Gasteiger partial charge in [-0.3, -0.25) is 9.78 Å². The predicted molar refractivity (Wildman–Crippen MR) is 96.8 cm³/mol. The van der Waals surface area contributed by atoms with Crippen molar-refractivity contribution < 1.29 is 9.15 Å². The van der Waals surface area contributed by atoms with Crippen LogP contribution in [0.2, 0.25) is 5.02 Å². The average Bonchev–Trinajstić information content (AvgIpc) is 2.59. The first kappa shape index (κ1) is 17.5. The summed E-state index contributed by atoms with van der Waals surface area (Å²) in [7, 11) is 0. The van der Waals surface area contributed by atoms with Gasteiger partial charge in [0.1, 0.15) is 16.3 Å². The summed E-state index contributed by atoms with van der Waals surface area (Å²) in [4.78, 5) is 29.0. The lowest BCUT2D eigenvalue weighted by molar-refractivity contribution is 0.304. The Labute approximate surface area is 149 Å². The zero-order chi connectivity index (χ0) is 17.8. The fraction of sp³-hybridized carbons (Fsp3) is 0.389. The van der Waals surface area contributed by atoms with Crippen molar-refractivity contribution in [2.45, 2.75) is 39.0 Å². The number of hydrogen-bond donors (Lipinski definition) is 1. The van der Waals surface area contributed by atoms with E-state index in [-0.39, 0.29) is 11.5 Å². The van der Waals surface area contributed by atoms with E-state index >= 15 is 0 Å². The van der Waals surface area contributed by atoms with Crippen molar-refractivity contribution in [3.8, 4) is 17.2 Å². The van der Waals surface area contributed by atoms with E-state index < -0.39 is 11.2 Å². The maximum Gasteiger partial charge on any atom is 0.351 e. The molecule has 1 N–H and O–H groups in total. The molecule has 0 aliphatic carbocycles. The number of nitrogens with zero attached hydrogens (tertiary/aromatic N) is 1. The van der Waals surface area contributed by atoms with Crippen LogP contribution in [0, 0.1) is 0 Å². The van der Waals surface area contributed by atoms with E-state index in [0.717, 1.165) is 12.8 Å². The van der Waals surface area contributed by atoms with Crippen LogP contribution in [0.1, 0.15) is 39.0 Å². The summed E-state index contributed by atoms with van der Waals surface area (Å²) in [5, 5.41) is 0.946. The molecule has 1 aromatic rings. The normalized spacial score (nSPS) is 11.3. The van der Waals surface area contributed by atoms with E-state index in [1.54, 1.807) is 18.2 Å². The number of rotatable bonds is 7. The Kier molecular flexibility index (Phi) is 5.38. The minimum Gasteiger partial charge on any atom is -0.492 e. The molecule has 2 aliphatic heterocycles. The molecular formula is C18H19ClN2O4. The average molecular weight is 363 g/mol. The lowest BCUT2D eigenvalue weighted by Crippen LogP contribution is -2.24. The van der Waals surface area contributed by atoms with Gasteiger partial charge in [-0.25, -0.2) is 4.79 Å². The minimum absolute atomic E-state index is 0.0418. The number of nitrogens with one attached hydrogen (secondary N) is 1. The summed E-state index contributed by atoms with van der Waals surface area (Å²) in [5.74, 6) is 0.472. The van der Waals surface area contributed by atoms with Crippen LogP contribution in [0.5, 0.6) is 5.75 Å². The molecule has 1 aromatic carbocycles. The van der Waals surface area contributed by atoms with Crippen LogP contribution in [0.25, 0.3) is 22.4 Å². The Bertz CT molecular complexity index is 964. The second-order valence-electron chi connectivity index (χ2n) is 5.90. The van der Waals surface area contributed by atoms with E-state index in [1.165, 1.54) is 19.3 Å². The highest BCUT2D eigenvalue weighted by Gasteiger charge is 2.17. The number of benzene rings is 1. The fourth-order valence-electron chi connectivity index (χ4n) is 2.67. The molecule has 0 saturated heterocycles.